The minimum Gasteiger partial charge on any atom is -0.388 e. The Hall–Kier alpha value is -4.02. The average molecular weight is 402 g/mol. The first-order valence-electron chi connectivity index (χ1n) is 9.42. The molecule has 1 N–H and O–H groups in total. The van der Waals surface area contributed by atoms with Gasteiger partial charge in [0.2, 0.25) is 0 Å². The van der Waals surface area contributed by atoms with Gasteiger partial charge in [0.25, 0.3) is 0 Å². The molecule has 10 heteroatoms. The molecule has 0 spiro atoms. The lowest BCUT2D eigenvalue weighted by atomic mass is 10.0. The van der Waals surface area contributed by atoms with Gasteiger partial charge in [-0.1, -0.05) is 5.16 Å². The Balaban J connectivity index is 1.61. The van der Waals surface area contributed by atoms with Crippen molar-refractivity contribution in [3.8, 4) is 34.8 Å². The Morgan fingerprint density at radius 2 is 2.07 bits per heavy atom. The lowest BCUT2D eigenvalue weighted by Crippen LogP contribution is -2.05. The van der Waals surface area contributed by atoms with E-state index in [4.69, 9.17) is 14.8 Å². The maximum absolute atomic E-state index is 9.23. The third kappa shape index (κ3) is 3.90. The van der Waals surface area contributed by atoms with E-state index in [1.807, 2.05) is 12.3 Å². The fourth-order valence-corrected chi connectivity index (χ4v) is 3.18. The van der Waals surface area contributed by atoms with E-state index in [-0.39, 0.29) is 12.5 Å². The van der Waals surface area contributed by atoms with Crippen molar-refractivity contribution in [2.75, 3.05) is 0 Å². The summed E-state index contributed by atoms with van der Waals surface area (Å²) in [5, 5.41) is 39.8. The number of fused-ring (bicyclic) bond motifs is 1. The van der Waals surface area contributed by atoms with Crippen molar-refractivity contribution in [2.45, 2.75) is 32.4 Å². The SMILES string of the molecule is N#CCCC(C#N)CCn1cc(-c2nc(-c3cc(CO)on3)cn3nccc23)cn1. The number of nitrogens with zero attached hydrogens (tertiary/aromatic N) is 8. The van der Waals surface area contributed by atoms with Crippen LogP contribution in [0.3, 0.4) is 0 Å². The normalized spacial score (nSPS) is 12.0. The highest BCUT2D eigenvalue weighted by Crippen LogP contribution is 2.26. The van der Waals surface area contributed by atoms with Gasteiger partial charge in [0.15, 0.2) is 5.76 Å². The minimum atomic E-state index is -0.241. The number of hydrogen-bond acceptors (Lipinski definition) is 8. The Morgan fingerprint density at radius 1 is 1.17 bits per heavy atom. The topological polar surface area (TPSA) is 142 Å². The molecule has 0 aromatic carbocycles. The smallest absolute Gasteiger partial charge is 0.162 e. The first-order valence-corrected chi connectivity index (χ1v) is 9.42. The summed E-state index contributed by atoms with van der Waals surface area (Å²) in [6.45, 7) is 0.330. The summed E-state index contributed by atoms with van der Waals surface area (Å²) in [7, 11) is 0. The zero-order valence-corrected chi connectivity index (χ0v) is 16.0. The van der Waals surface area contributed by atoms with Gasteiger partial charge in [0.05, 0.1) is 41.9 Å². The summed E-state index contributed by atoms with van der Waals surface area (Å²) in [5.41, 5.74) is 3.36. The van der Waals surface area contributed by atoms with Crippen LogP contribution in [-0.2, 0) is 13.2 Å². The van der Waals surface area contributed by atoms with Crippen LogP contribution in [0.4, 0.5) is 0 Å². The quantitative estimate of drug-likeness (QED) is 0.474. The summed E-state index contributed by atoms with van der Waals surface area (Å²) in [6.07, 6.45) is 8.58. The highest BCUT2D eigenvalue weighted by atomic mass is 16.5. The second-order valence-corrected chi connectivity index (χ2v) is 6.78. The van der Waals surface area contributed by atoms with Gasteiger partial charge in [-0.05, 0) is 18.9 Å². The van der Waals surface area contributed by atoms with Gasteiger partial charge in [-0.15, -0.1) is 0 Å². The van der Waals surface area contributed by atoms with Gasteiger partial charge in [-0.25, -0.2) is 9.50 Å². The summed E-state index contributed by atoms with van der Waals surface area (Å²) in [5.74, 6) is 0.179. The summed E-state index contributed by atoms with van der Waals surface area (Å²) in [6, 6.07) is 7.82. The van der Waals surface area contributed by atoms with Crippen LogP contribution in [0.15, 0.2) is 41.4 Å². The molecule has 0 radical (unpaired) electrons. The predicted octanol–water partition coefficient (Wildman–Crippen LogP) is 2.57. The van der Waals surface area contributed by atoms with E-state index < -0.39 is 0 Å². The van der Waals surface area contributed by atoms with Crippen LogP contribution in [0.5, 0.6) is 0 Å². The van der Waals surface area contributed by atoms with Crippen molar-refractivity contribution in [1.82, 2.24) is 29.5 Å². The molecule has 1 atom stereocenters. The van der Waals surface area contributed by atoms with E-state index in [1.54, 1.807) is 33.9 Å². The number of hydrogen-bond donors (Lipinski definition) is 1. The number of aryl methyl sites for hydroxylation is 1. The second-order valence-electron chi connectivity index (χ2n) is 6.78. The molecule has 4 heterocycles. The van der Waals surface area contributed by atoms with Crippen LogP contribution in [0.1, 0.15) is 25.0 Å². The van der Waals surface area contributed by atoms with Crippen LogP contribution >= 0.6 is 0 Å². The molecule has 1 unspecified atom stereocenters. The van der Waals surface area contributed by atoms with Crippen molar-refractivity contribution in [3.63, 3.8) is 0 Å². The molecule has 4 aromatic heterocycles. The van der Waals surface area contributed by atoms with Crippen LogP contribution in [0, 0.1) is 28.6 Å². The summed E-state index contributed by atoms with van der Waals surface area (Å²) in [4.78, 5) is 4.72. The lowest BCUT2D eigenvalue weighted by Gasteiger charge is -2.06. The molecule has 30 heavy (non-hydrogen) atoms. The first kappa shape index (κ1) is 19.3. The standard InChI is InChI=1S/C20H18N8O2/c21-5-1-2-14(9-22)4-7-27-11-15(10-24-27)20-19-3-6-23-28(19)12-18(25-20)17-8-16(13-29)30-26-17/h3,6,8,10-12,14,29H,1-2,4,7,13H2. The van der Waals surface area contributed by atoms with Crippen LogP contribution in [-0.4, -0.2) is 34.6 Å². The lowest BCUT2D eigenvalue weighted by molar-refractivity contribution is 0.229. The average Bonchev–Trinajstić information content (AvgIpc) is 3.53. The molecule has 4 aromatic rings. The molecule has 0 fully saturated rings. The fourth-order valence-electron chi connectivity index (χ4n) is 3.18. The Morgan fingerprint density at radius 3 is 2.83 bits per heavy atom. The molecule has 150 valence electrons. The second kappa shape index (κ2) is 8.55. The third-order valence-corrected chi connectivity index (χ3v) is 4.77. The fraction of sp³-hybridized carbons (Fsp3) is 0.300. The molecule has 0 amide bonds. The Labute approximate surface area is 171 Å². The van der Waals surface area contributed by atoms with Crippen LogP contribution in [0.2, 0.25) is 0 Å². The highest BCUT2D eigenvalue weighted by Gasteiger charge is 2.15. The molecule has 0 bridgehead atoms. The first-order chi connectivity index (χ1) is 14.7. The molecule has 0 saturated carbocycles. The molecule has 0 aliphatic heterocycles. The van der Waals surface area contributed by atoms with E-state index in [0.29, 0.717) is 48.6 Å². The van der Waals surface area contributed by atoms with Crippen molar-refractivity contribution in [1.29, 1.82) is 10.5 Å². The van der Waals surface area contributed by atoms with E-state index in [2.05, 4.69) is 27.5 Å². The van der Waals surface area contributed by atoms with Gasteiger partial charge in [0, 0.05) is 36.7 Å². The van der Waals surface area contributed by atoms with Crippen molar-refractivity contribution >= 4 is 5.52 Å². The molecule has 4 rings (SSSR count). The van der Waals surface area contributed by atoms with E-state index >= 15 is 0 Å². The Kier molecular flexibility index (Phi) is 5.50. The van der Waals surface area contributed by atoms with E-state index in [0.717, 1.165) is 11.1 Å². The molecule has 0 aliphatic rings. The minimum absolute atomic E-state index is 0.173. The molecular weight excluding hydrogens is 384 g/mol. The Bertz CT molecular complexity index is 1240. The molecule has 0 saturated heterocycles. The summed E-state index contributed by atoms with van der Waals surface area (Å²) >= 11 is 0. The summed E-state index contributed by atoms with van der Waals surface area (Å²) < 4.78 is 8.55. The van der Waals surface area contributed by atoms with Crippen molar-refractivity contribution in [2.24, 2.45) is 5.92 Å². The van der Waals surface area contributed by atoms with Crippen LogP contribution in [0.25, 0.3) is 28.2 Å². The van der Waals surface area contributed by atoms with Gasteiger partial charge in [-0.3, -0.25) is 4.68 Å². The van der Waals surface area contributed by atoms with E-state index in [1.165, 1.54) is 0 Å². The number of aliphatic hydroxyl groups excluding tert-OH is 1. The van der Waals surface area contributed by atoms with Gasteiger partial charge in [0.1, 0.15) is 18.0 Å². The number of aromatic nitrogens is 6. The van der Waals surface area contributed by atoms with Gasteiger partial charge >= 0.3 is 0 Å². The predicted molar refractivity (Wildman–Crippen MR) is 104 cm³/mol. The maximum atomic E-state index is 9.23. The van der Waals surface area contributed by atoms with E-state index in [9.17, 15) is 10.4 Å². The zero-order valence-electron chi connectivity index (χ0n) is 16.0. The molecule has 10 nitrogen and oxygen atoms in total. The largest absolute Gasteiger partial charge is 0.388 e. The van der Waals surface area contributed by atoms with Gasteiger partial charge in [-0.2, -0.15) is 20.7 Å². The zero-order chi connectivity index (χ0) is 20.9. The number of rotatable bonds is 8. The monoisotopic (exact) mass is 402 g/mol. The third-order valence-electron chi connectivity index (χ3n) is 4.77. The maximum Gasteiger partial charge on any atom is 0.162 e. The number of nitriles is 2. The van der Waals surface area contributed by atoms with Crippen molar-refractivity contribution < 1.29 is 9.63 Å². The highest BCUT2D eigenvalue weighted by molar-refractivity contribution is 5.77. The number of aliphatic hydroxyl groups is 1. The van der Waals surface area contributed by atoms with Crippen LogP contribution < -0.4 is 0 Å². The molecular formula is C20H18N8O2. The molecule has 0 aliphatic carbocycles. The van der Waals surface area contributed by atoms with Gasteiger partial charge < -0.3 is 9.63 Å². The van der Waals surface area contributed by atoms with Crippen molar-refractivity contribution in [3.05, 3.63) is 42.7 Å².